The second-order valence-electron chi connectivity index (χ2n) is 6.03. The van der Waals surface area contributed by atoms with Gasteiger partial charge < -0.3 is 9.80 Å². The number of nitrogens with zero attached hydrogens (tertiary/aromatic N) is 1. The molecule has 0 aromatic heterocycles. The van der Waals surface area contributed by atoms with Gasteiger partial charge in [-0.3, -0.25) is 9.35 Å². The van der Waals surface area contributed by atoms with Crippen molar-refractivity contribution in [2.75, 3.05) is 32.9 Å². The quantitative estimate of drug-likeness (QED) is 0.280. The molecule has 0 saturated carbocycles. The standard InChI is InChI=1S/C12H24N2O4S.Na.H/c1-6-11(15)13-12(2,3)10-14(4,5)8-7-9-19(16,17)18;;/h6H,1,7-10H2,2-5H3,(H-,13,15,16,17,18);;/p+1. The van der Waals surface area contributed by atoms with Crippen LogP contribution in [-0.2, 0) is 14.9 Å². The van der Waals surface area contributed by atoms with Gasteiger partial charge in [0.15, 0.2) is 0 Å². The van der Waals surface area contributed by atoms with Crippen LogP contribution in [0, 0.1) is 0 Å². The van der Waals surface area contributed by atoms with Crippen molar-refractivity contribution in [3.8, 4) is 0 Å². The van der Waals surface area contributed by atoms with E-state index >= 15 is 0 Å². The Kier molecular flexibility index (Phi) is 9.51. The Labute approximate surface area is 144 Å². The monoisotopic (exact) mass is 317 g/mol. The van der Waals surface area contributed by atoms with Gasteiger partial charge in [-0.1, -0.05) is 6.58 Å². The van der Waals surface area contributed by atoms with E-state index in [0.717, 1.165) is 0 Å². The summed E-state index contributed by atoms with van der Waals surface area (Å²) in [7, 11) is -0.00579. The summed E-state index contributed by atoms with van der Waals surface area (Å²) in [5.41, 5.74) is -0.424. The van der Waals surface area contributed by atoms with Crippen molar-refractivity contribution in [3.63, 3.8) is 0 Å². The van der Waals surface area contributed by atoms with Gasteiger partial charge in [0, 0.05) is 6.42 Å². The Morgan fingerprint density at radius 1 is 1.40 bits per heavy atom. The molecular weight excluding hydrogens is 291 g/mol. The molecule has 0 heterocycles. The Hall–Kier alpha value is 0.0800. The summed E-state index contributed by atoms with van der Waals surface area (Å²) in [6, 6.07) is 0. The van der Waals surface area contributed by atoms with Gasteiger partial charge in [0.25, 0.3) is 10.1 Å². The fourth-order valence-corrected chi connectivity index (χ4v) is 2.74. The van der Waals surface area contributed by atoms with Gasteiger partial charge >= 0.3 is 29.6 Å². The normalized spacial score (nSPS) is 12.4. The third-order valence-corrected chi connectivity index (χ3v) is 3.44. The van der Waals surface area contributed by atoms with Crippen LogP contribution < -0.4 is 5.32 Å². The molecule has 0 aromatic carbocycles. The Balaban J connectivity index is 0. The number of nitrogens with one attached hydrogen (secondary N) is 1. The van der Waals surface area contributed by atoms with E-state index in [1.807, 2.05) is 27.9 Å². The predicted octanol–water partition coefficient (Wildman–Crippen LogP) is -0.227. The average molecular weight is 317 g/mol. The summed E-state index contributed by atoms with van der Waals surface area (Å²) < 4.78 is 30.6. The van der Waals surface area contributed by atoms with Crippen molar-refractivity contribution in [2.45, 2.75) is 25.8 Å². The second-order valence-corrected chi connectivity index (χ2v) is 7.61. The Morgan fingerprint density at radius 2 is 1.90 bits per heavy atom. The summed E-state index contributed by atoms with van der Waals surface area (Å²) in [6.07, 6.45) is 1.59. The SMILES string of the molecule is C=CC(=O)NC(C)(C)C[N+](C)(C)CCCS(=O)(=O)O.[NaH]. The second kappa shape index (κ2) is 8.51. The van der Waals surface area contributed by atoms with E-state index in [1.54, 1.807) is 0 Å². The van der Waals surface area contributed by atoms with E-state index in [-0.39, 0.29) is 41.2 Å². The molecule has 0 aliphatic carbocycles. The van der Waals surface area contributed by atoms with E-state index in [0.29, 0.717) is 24.0 Å². The third kappa shape index (κ3) is 11.9. The first kappa shape index (κ1) is 22.4. The van der Waals surface area contributed by atoms with Crippen molar-refractivity contribution >= 4 is 45.6 Å². The maximum absolute atomic E-state index is 11.3. The zero-order chi connectivity index (χ0) is 15.3. The van der Waals surface area contributed by atoms with Gasteiger partial charge in [0.05, 0.1) is 31.9 Å². The number of hydrogen-bond donors (Lipinski definition) is 2. The number of carbonyl (C=O) groups excluding carboxylic acids is 1. The molecule has 2 N–H and O–H groups in total. The van der Waals surface area contributed by atoms with Gasteiger partial charge in [0.1, 0.15) is 6.54 Å². The van der Waals surface area contributed by atoms with Crippen LogP contribution in [0.5, 0.6) is 0 Å². The van der Waals surface area contributed by atoms with Crippen LogP contribution in [0.25, 0.3) is 0 Å². The molecule has 0 rings (SSSR count). The molecule has 1 amide bonds. The minimum atomic E-state index is -3.91. The van der Waals surface area contributed by atoms with Crippen LogP contribution in [0.1, 0.15) is 20.3 Å². The van der Waals surface area contributed by atoms with Crippen molar-refractivity contribution in [3.05, 3.63) is 12.7 Å². The van der Waals surface area contributed by atoms with Crippen LogP contribution in [0.3, 0.4) is 0 Å². The van der Waals surface area contributed by atoms with Crippen molar-refractivity contribution in [1.29, 1.82) is 0 Å². The number of likely N-dealkylation sites (N-methyl/N-ethyl adjacent to an activating group) is 1. The first-order chi connectivity index (χ1) is 8.37. The fourth-order valence-electron chi connectivity index (χ4n) is 2.25. The van der Waals surface area contributed by atoms with Crippen molar-refractivity contribution < 1.29 is 22.2 Å². The van der Waals surface area contributed by atoms with Crippen LogP contribution in [0.4, 0.5) is 0 Å². The third-order valence-electron chi connectivity index (χ3n) is 2.64. The number of quaternary nitrogens is 1. The average Bonchev–Trinajstić information content (AvgIpc) is 2.11. The van der Waals surface area contributed by atoms with Gasteiger partial charge in [-0.2, -0.15) is 8.42 Å². The molecule has 0 radical (unpaired) electrons. The molecule has 0 aliphatic rings. The predicted molar refractivity (Wildman–Crippen MR) is 82.4 cm³/mol. The zero-order valence-corrected chi connectivity index (χ0v) is 13.0. The molecule has 0 atom stereocenters. The molecular formula is C12H26N2NaO4S+. The van der Waals surface area contributed by atoms with Crippen LogP contribution >= 0.6 is 0 Å². The minimum absolute atomic E-state index is 0. The van der Waals surface area contributed by atoms with E-state index in [9.17, 15) is 13.2 Å². The summed E-state index contributed by atoms with van der Waals surface area (Å²) in [5, 5.41) is 2.83. The molecule has 0 spiro atoms. The zero-order valence-electron chi connectivity index (χ0n) is 12.1. The summed E-state index contributed by atoms with van der Waals surface area (Å²) in [4.78, 5) is 11.3. The van der Waals surface area contributed by atoms with Crippen LogP contribution in [0.2, 0.25) is 0 Å². The molecule has 0 unspecified atom stereocenters. The first-order valence-electron chi connectivity index (χ1n) is 6.09. The number of carbonyl (C=O) groups is 1. The summed E-state index contributed by atoms with van der Waals surface area (Å²) >= 11 is 0. The Morgan fingerprint density at radius 3 is 2.30 bits per heavy atom. The summed E-state index contributed by atoms with van der Waals surface area (Å²) in [5.74, 6) is -0.475. The first-order valence-corrected chi connectivity index (χ1v) is 7.70. The van der Waals surface area contributed by atoms with E-state index in [1.165, 1.54) is 6.08 Å². The molecule has 0 fully saturated rings. The molecule has 0 aliphatic heterocycles. The Bertz CT molecular complexity index is 433. The van der Waals surface area contributed by atoms with Gasteiger partial charge in [-0.05, 0) is 19.9 Å². The summed E-state index contributed by atoms with van der Waals surface area (Å²) in [6.45, 7) is 8.43. The fraction of sp³-hybridized carbons (Fsp3) is 0.750. The van der Waals surface area contributed by atoms with E-state index < -0.39 is 15.7 Å². The molecule has 0 bridgehead atoms. The number of rotatable bonds is 8. The van der Waals surface area contributed by atoms with Gasteiger partial charge in [0.2, 0.25) is 5.91 Å². The number of amides is 1. The van der Waals surface area contributed by atoms with Crippen molar-refractivity contribution in [2.24, 2.45) is 0 Å². The number of hydrogen-bond acceptors (Lipinski definition) is 3. The molecule has 114 valence electrons. The van der Waals surface area contributed by atoms with Gasteiger partial charge in [-0.25, -0.2) is 0 Å². The van der Waals surface area contributed by atoms with E-state index in [4.69, 9.17) is 4.55 Å². The molecule has 0 saturated heterocycles. The molecule has 20 heavy (non-hydrogen) atoms. The molecule has 0 aromatic rings. The van der Waals surface area contributed by atoms with E-state index in [2.05, 4.69) is 11.9 Å². The molecule has 8 heteroatoms. The van der Waals surface area contributed by atoms with Crippen LogP contribution in [-0.4, -0.2) is 91.4 Å². The maximum atomic E-state index is 11.3. The molecule has 6 nitrogen and oxygen atoms in total. The van der Waals surface area contributed by atoms with Crippen molar-refractivity contribution in [1.82, 2.24) is 5.32 Å². The topological polar surface area (TPSA) is 83.5 Å². The van der Waals surface area contributed by atoms with Crippen LogP contribution in [0.15, 0.2) is 12.7 Å². The van der Waals surface area contributed by atoms with Gasteiger partial charge in [-0.15, -0.1) is 0 Å².